The van der Waals surface area contributed by atoms with Crippen LogP contribution in [0.15, 0.2) is 65.7 Å². The molecule has 5 rings (SSSR count). The summed E-state index contributed by atoms with van der Waals surface area (Å²) in [5.41, 5.74) is 2.43. The Hall–Kier alpha value is -3.20. The monoisotopic (exact) mass is 498 g/mol. The minimum Gasteiger partial charge on any atom is -0.348 e. The Morgan fingerprint density at radius 3 is 2.57 bits per heavy atom. The van der Waals surface area contributed by atoms with E-state index < -0.39 is 11.9 Å². The molecule has 0 spiro atoms. The van der Waals surface area contributed by atoms with Gasteiger partial charge in [-0.3, -0.25) is 9.48 Å². The van der Waals surface area contributed by atoms with Crippen molar-refractivity contribution in [2.75, 3.05) is 5.75 Å². The number of benzene rings is 2. The number of carbonyl (C=O) groups excluding carboxylic acids is 1. The van der Waals surface area contributed by atoms with Gasteiger partial charge in [-0.15, -0.1) is 11.8 Å². The predicted octanol–water partition coefficient (Wildman–Crippen LogP) is 6.28. The van der Waals surface area contributed by atoms with Gasteiger partial charge >= 0.3 is 6.18 Å². The summed E-state index contributed by atoms with van der Waals surface area (Å²) in [5.74, 6) is 0.819. The number of aromatic nitrogens is 3. The van der Waals surface area contributed by atoms with Gasteiger partial charge in [-0.05, 0) is 66.6 Å². The molecule has 1 aliphatic rings. The summed E-state index contributed by atoms with van der Waals surface area (Å²) in [5, 5.41) is 7.69. The zero-order valence-corrected chi connectivity index (χ0v) is 20.0. The molecular weight excluding hydrogens is 473 g/mol. The van der Waals surface area contributed by atoms with Crippen LogP contribution in [0, 0.1) is 0 Å². The topological polar surface area (TPSA) is 51.9 Å². The maximum Gasteiger partial charge on any atom is 0.433 e. The van der Waals surface area contributed by atoms with E-state index in [9.17, 15) is 18.0 Å². The van der Waals surface area contributed by atoms with Gasteiger partial charge < -0.3 is 9.88 Å². The molecule has 4 aromatic rings. The van der Waals surface area contributed by atoms with Crippen LogP contribution in [0.1, 0.15) is 53.1 Å². The summed E-state index contributed by atoms with van der Waals surface area (Å²) in [6.45, 7) is 2.54. The van der Waals surface area contributed by atoms with E-state index in [-0.39, 0.29) is 18.5 Å². The molecule has 2 aromatic heterocycles. The molecule has 9 heteroatoms. The Morgan fingerprint density at radius 2 is 1.89 bits per heavy atom. The van der Waals surface area contributed by atoms with Crippen molar-refractivity contribution in [2.24, 2.45) is 0 Å². The van der Waals surface area contributed by atoms with E-state index in [1.807, 2.05) is 42.5 Å². The number of hydrogen-bond acceptors (Lipinski definition) is 3. The first-order valence-electron chi connectivity index (χ1n) is 11.6. The molecule has 2 heterocycles. The van der Waals surface area contributed by atoms with Crippen molar-refractivity contribution in [1.82, 2.24) is 19.7 Å². The fourth-order valence-corrected chi connectivity index (χ4v) is 4.99. The highest BCUT2D eigenvalue weighted by Gasteiger charge is 2.35. The second kappa shape index (κ2) is 9.45. The summed E-state index contributed by atoms with van der Waals surface area (Å²) in [4.78, 5) is 14.0. The fraction of sp³-hybridized carbons (Fsp3) is 0.308. The van der Waals surface area contributed by atoms with Crippen LogP contribution < -0.4 is 5.32 Å². The highest BCUT2D eigenvalue weighted by Crippen LogP contribution is 2.40. The molecule has 0 saturated heterocycles. The smallest absolute Gasteiger partial charge is 0.348 e. The normalized spacial score (nSPS) is 13.9. The average Bonchev–Trinajstić information content (AvgIpc) is 3.43. The molecule has 2 aromatic carbocycles. The number of thioether (sulfide) groups is 1. The van der Waals surface area contributed by atoms with Crippen LogP contribution in [0.25, 0.3) is 10.9 Å². The highest BCUT2D eigenvalue weighted by atomic mass is 32.2. The molecule has 0 unspecified atom stereocenters. The molecular formula is C26H25F3N4OS. The van der Waals surface area contributed by atoms with Gasteiger partial charge in [-0.25, -0.2) is 0 Å². The van der Waals surface area contributed by atoms with Crippen LogP contribution in [0.2, 0.25) is 0 Å². The molecule has 182 valence electrons. The Morgan fingerprint density at radius 1 is 1.11 bits per heavy atom. The fourth-order valence-electron chi connectivity index (χ4n) is 4.33. The van der Waals surface area contributed by atoms with Crippen LogP contribution in [-0.4, -0.2) is 26.0 Å². The van der Waals surface area contributed by atoms with Gasteiger partial charge in [0.25, 0.3) is 5.91 Å². The molecule has 0 bridgehead atoms. The second-order valence-electron chi connectivity index (χ2n) is 8.64. The molecule has 1 aliphatic carbocycles. The summed E-state index contributed by atoms with van der Waals surface area (Å²) in [7, 11) is 0. The van der Waals surface area contributed by atoms with E-state index in [4.69, 9.17) is 0 Å². The van der Waals surface area contributed by atoms with Crippen molar-refractivity contribution >= 4 is 28.6 Å². The zero-order valence-electron chi connectivity index (χ0n) is 19.2. The highest BCUT2D eigenvalue weighted by molar-refractivity contribution is 7.99. The number of nitrogens with zero attached hydrogens (tertiary/aromatic N) is 3. The lowest BCUT2D eigenvalue weighted by Crippen LogP contribution is -2.22. The molecule has 0 atom stereocenters. The Labute approximate surface area is 205 Å². The Kier molecular flexibility index (Phi) is 6.35. The lowest BCUT2D eigenvalue weighted by molar-refractivity contribution is -0.144. The molecule has 1 fully saturated rings. The number of rotatable bonds is 8. The van der Waals surface area contributed by atoms with E-state index in [0.717, 1.165) is 51.5 Å². The Balaban J connectivity index is 1.36. The van der Waals surface area contributed by atoms with Crippen molar-refractivity contribution in [2.45, 2.75) is 50.0 Å². The molecule has 1 N–H and O–H groups in total. The van der Waals surface area contributed by atoms with Gasteiger partial charge in [0, 0.05) is 45.8 Å². The maximum atomic E-state index is 13.3. The first-order chi connectivity index (χ1) is 16.8. The van der Waals surface area contributed by atoms with Gasteiger partial charge in [0.05, 0.1) is 6.54 Å². The van der Waals surface area contributed by atoms with Crippen molar-refractivity contribution in [3.8, 4) is 0 Å². The minimum atomic E-state index is -4.46. The van der Waals surface area contributed by atoms with Crippen molar-refractivity contribution in [3.05, 3.63) is 83.3 Å². The van der Waals surface area contributed by atoms with E-state index in [0.29, 0.717) is 12.1 Å². The Bertz CT molecular complexity index is 1350. The van der Waals surface area contributed by atoms with Gasteiger partial charge in [0.15, 0.2) is 0 Å². The first kappa shape index (κ1) is 23.5. The van der Waals surface area contributed by atoms with Crippen molar-refractivity contribution in [1.29, 1.82) is 0 Å². The van der Waals surface area contributed by atoms with Gasteiger partial charge in [-0.1, -0.05) is 19.1 Å². The van der Waals surface area contributed by atoms with E-state index in [1.54, 1.807) is 17.8 Å². The number of fused-ring (bicyclic) bond motifs is 1. The van der Waals surface area contributed by atoms with E-state index in [1.165, 1.54) is 11.1 Å². The van der Waals surface area contributed by atoms with Gasteiger partial charge in [0.1, 0.15) is 5.69 Å². The summed E-state index contributed by atoms with van der Waals surface area (Å²) < 4.78 is 43.1. The van der Waals surface area contributed by atoms with Crippen LogP contribution in [0.3, 0.4) is 0 Å². The van der Waals surface area contributed by atoms with Crippen LogP contribution in [-0.2, 0) is 19.3 Å². The lowest BCUT2D eigenvalue weighted by atomic mass is 10.1. The van der Waals surface area contributed by atoms with Crippen LogP contribution >= 0.6 is 11.8 Å². The quantitative estimate of drug-likeness (QED) is 0.291. The van der Waals surface area contributed by atoms with Crippen molar-refractivity contribution in [3.63, 3.8) is 0 Å². The average molecular weight is 499 g/mol. The maximum absolute atomic E-state index is 13.3. The largest absolute Gasteiger partial charge is 0.433 e. The third kappa shape index (κ3) is 5.10. The zero-order chi connectivity index (χ0) is 24.6. The summed E-state index contributed by atoms with van der Waals surface area (Å²) in [6, 6.07) is 16.7. The van der Waals surface area contributed by atoms with Crippen LogP contribution in [0.4, 0.5) is 13.2 Å². The minimum absolute atomic E-state index is 0.0147. The number of carbonyl (C=O) groups is 1. The van der Waals surface area contributed by atoms with E-state index in [2.05, 4.69) is 21.9 Å². The molecule has 5 nitrogen and oxygen atoms in total. The predicted molar refractivity (Wildman–Crippen MR) is 131 cm³/mol. The number of amides is 1. The summed E-state index contributed by atoms with van der Waals surface area (Å²) >= 11 is 1.77. The van der Waals surface area contributed by atoms with E-state index >= 15 is 0 Å². The van der Waals surface area contributed by atoms with Gasteiger partial charge in [0.2, 0.25) is 0 Å². The van der Waals surface area contributed by atoms with Crippen molar-refractivity contribution < 1.29 is 18.0 Å². The SMILES string of the molecule is CCSc1ccc(CNC(=O)c2ccc3c(c2)cc(Cn2nccc2C(F)(F)F)n3C2CC2)cc1. The molecule has 35 heavy (non-hydrogen) atoms. The third-order valence-electron chi connectivity index (χ3n) is 6.10. The summed E-state index contributed by atoms with van der Waals surface area (Å²) in [6.07, 6.45) is -1.32. The molecule has 1 saturated carbocycles. The lowest BCUT2D eigenvalue weighted by Gasteiger charge is -2.13. The number of halogens is 3. The number of nitrogens with one attached hydrogen (secondary N) is 1. The molecule has 1 amide bonds. The third-order valence-corrected chi connectivity index (χ3v) is 6.99. The molecule has 0 aliphatic heterocycles. The standard InChI is InChI=1S/C26H25F3N4OS/c1-2-35-22-8-3-17(4-9-22)15-30-25(34)18-5-10-23-19(13-18)14-21(33(23)20-6-7-20)16-32-24(11-12-31-32)26(27,28)29/h3-5,8-14,20H,2,6-7,15-16H2,1H3,(H,30,34). The van der Waals surface area contributed by atoms with Gasteiger partial charge in [-0.2, -0.15) is 18.3 Å². The number of alkyl halides is 3. The molecule has 0 radical (unpaired) electrons. The first-order valence-corrected chi connectivity index (χ1v) is 12.5. The number of hydrogen-bond donors (Lipinski definition) is 1. The van der Waals surface area contributed by atoms with Crippen LogP contribution in [0.5, 0.6) is 0 Å². The second-order valence-corrected chi connectivity index (χ2v) is 9.98.